The molecule has 0 aromatic rings. The van der Waals surface area contributed by atoms with Gasteiger partial charge in [0.25, 0.3) is 0 Å². The molecule has 0 amide bonds. The Bertz CT molecular complexity index is 35.0. The van der Waals surface area contributed by atoms with Gasteiger partial charge in [-0.3, -0.25) is 0 Å². The third-order valence-electron chi connectivity index (χ3n) is 0.574. The Morgan fingerprint density at radius 2 is 1.44 bits per heavy atom. The molecule has 0 bridgehead atoms. The average Bonchev–Trinajstić information content (AvgIpc) is 1.94. The Morgan fingerprint density at radius 3 is 1.67 bits per heavy atom. The molecule has 5 heteroatoms. The molecule has 0 aromatic heterocycles. The summed E-state index contributed by atoms with van der Waals surface area (Å²) < 4.78 is 0. The Balaban J connectivity index is 0. The molecule has 0 spiro atoms. The zero-order valence-electron chi connectivity index (χ0n) is 5.12. The van der Waals surface area contributed by atoms with Crippen molar-refractivity contribution in [1.82, 2.24) is 0 Å². The van der Waals surface area contributed by atoms with Crippen LogP contribution in [0.25, 0.3) is 5.32 Å². The number of hydrogen-bond acceptors (Lipinski definition) is 2. The van der Waals surface area contributed by atoms with Crippen LogP contribution in [0.2, 0.25) is 0 Å². The van der Waals surface area contributed by atoms with E-state index in [9.17, 15) is 0 Å². The van der Waals surface area contributed by atoms with Gasteiger partial charge in [-0.15, -0.1) is 13.1 Å². The number of rotatable bonds is 4. The van der Waals surface area contributed by atoms with Crippen molar-refractivity contribution in [3.05, 3.63) is 5.32 Å². The Kier molecular flexibility index (Phi) is 22.6. The molecule has 0 radical (unpaired) electrons. The fraction of sp³-hybridized carbons (Fsp3) is 1.00. The summed E-state index contributed by atoms with van der Waals surface area (Å²) in [5.74, 6) is 0. The molecule has 0 aromatic carbocycles. The first-order chi connectivity index (χ1) is 4.41. The molecule has 0 saturated heterocycles. The van der Waals surface area contributed by atoms with Gasteiger partial charge in [0.2, 0.25) is 0 Å². The first kappa shape index (κ1) is 12.7. The molecule has 0 unspecified atom stereocenters. The topological polar surface area (TPSA) is 66.1 Å². The van der Waals surface area contributed by atoms with E-state index in [1.165, 1.54) is 0 Å². The van der Waals surface area contributed by atoms with Gasteiger partial charge in [-0.2, -0.15) is 0 Å². The first-order valence-electron chi connectivity index (χ1n) is 2.57. The van der Waals surface area contributed by atoms with Crippen molar-refractivity contribution in [2.24, 2.45) is 11.5 Å². The van der Waals surface area contributed by atoms with E-state index >= 15 is 0 Å². The summed E-state index contributed by atoms with van der Waals surface area (Å²) in [4.78, 5) is 0. The molecule has 0 saturated carbocycles. The number of halogens is 1. The van der Waals surface area contributed by atoms with Crippen molar-refractivity contribution >= 4 is 13.3 Å². The van der Waals surface area contributed by atoms with Crippen molar-refractivity contribution in [3.63, 3.8) is 0 Å². The molecule has 3 nitrogen and oxygen atoms in total. The molecule has 0 aliphatic carbocycles. The third-order valence-corrected chi connectivity index (χ3v) is 0.574. The number of nitrogens with two attached hydrogens (primary N) is 2. The number of nitrogens with zero attached hydrogens (tertiary/aromatic N) is 1. The number of hydrogen-bond donors (Lipinski definition) is 2. The summed E-state index contributed by atoms with van der Waals surface area (Å²) in [7, 11) is 0. The molecule has 4 N–H and O–H groups in total. The maximum absolute atomic E-state index is 5.13. The second-order valence-corrected chi connectivity index (χ2v) is 1.25. The van der Waals surface area contributed by atoms with Gasteiger partial charge in [0.05, 0.1) is 0 Å². The predicted molar refractivity (Wildman–Crippen MR) is 40.1 cm³/mol. The van der Waals surface area contributed by atoms with Gasteiger partial charge in [0, 0.05) is 0 Å². The van der Waals surface area contributed by atoms with Crippen LogP contribution < -0.4 is 11.5 Å². The normalized spacial score (nSPS) is 8.11. The standard InChI is InChI=1S/C4H12N3.BrH.Pt/c5-1-3-7-4-2-6;;/h1-6H2;1H;/q-1;;+2/p-1. The fourth-order valence-corrected chi connectivity index (χ4v) is 0.294. The molecule has 0 heterocycles. The monoisotopic (exact) mass is 376 g/mol. The minimum atomic E-state index is 0.639. The van der Waals surface area contributed by atoms with Gasteiger partial charge >= 0.3 is 31.1 Å². The van der Waals surface area contributed by atoms with Crippen molar-refractivity contribution in [3.8, 4) is 0 Å². The second kappa shape index (κ2) is 16.0. The quantitative estimate of drug-likeness (QED) is 0.684. The summed E-state index contributed by atoms with van der Waals surface area (Å²) in [5.41, 5.74) is 10.3. The van der Waals surface area contributed by atoms with E-state index in [0.29, 0.717) is 13.1 Å². The van der Waals surface area contributed by atoms with Crippen LogP contribution in [0.3, 0.4) is 0 Å². The third kappa shape index (κ3) is 17.6. The summed E-state index contributed by atoms with van der Waals surface area (Å²) in [6.07, 6.45) is 0. The first-order valence-corrected chi connectivity index (χ1v) is 7.53. The molecular formula is C4H12BrN3Pt. The Hall–Kier alpha value is 1.05. The van der Waals surface area contributed by atoms with E-state index in [0.717, 1.165) is 13.1 Å². The van der Waals surface area contributed by atoms with Gasteiger partial charge in [0.15, 0.2) is 0 Å². The summed E-state index contributed by atoms with van der Waals surface area (Å²) >= 11 is 4.86. The van der Waals surface area contributed by atoms with Crippen molar-refractivity contribution < 1.29 is 17.8 Å². The minimum absolute atomic E-state index is 0.639. The van der Waals surface area contributed by atoms with E-state index in [1.807, 2.05) is 17.8 Å². The van der Waals surface area contributed by atoms with E-state index < -0.39 is 0 Å². The van der Waals surface area contributed by atoms with Gasteiger partial charge in [-0.25, -0.2) is 0 Å². The average molecular weight is 377 g/mol. The van der Waals surface area contributed by atoms with Crippen LogP contribution in [0.1, 0.15) is 0 Å². The summed E-state index contributed by atoms with van der Waals surface area (Å²) in [6, 6.07) is 0. The van der Waals surface area contributed by atoms with Crippen LogP contribution in [0.4, 0.5) is 0 Å². The zero-order valence-corrected chi connectivity index (χ0v) is 8.98. The molecule has 0 rings (SSSR count). The molecule has 0 aliphatic rings. The molecule has 60 valence electrons. The van der Waals surface area contributed by atoms with Crippen molar-refractivity contribution in [2.75, 3.05) is 26.2 Å². The van der Waals surface area contributed by atoms with Crippen LogP contribution in [0.15, 0.2) is 0 Å². The Morgan fingerprint density at radius 1 is 1.11 bits per heavy atom. The van der Waals surface area contributed by atoms with Crippen molar-refractivity contribution in [2.45, 2.75) is 0 Å². The second-order valence-electron chi connectivity index (χ2n) is 1.25. The van der Waals surface area contributed by atoms with Gasteiger partial charge < -0.3 is 16.8 Å². The van der Waals surface area contributed by atoms with E-state index in [-0.39, 0.29) is 0 Å². The predicted octanol–water partition coefficient (Wildman–Crippen LogP) is 0.121. The Labute approximate surface area is 74.0 Å². The molecule has 9 heavy (non-hydrogen) atoms. The van der Waals surface area contributed by atoms with Crippen molar-refractivity contribution in [1.29, 1.82) is 0 Å². The maximum atomic E-state index is 5.13. The summed E-state index contributed by atoms with van der Waals surface area (Å²) in [5, 5.41) is 3.96. The zero-order chi connectivity index (χ0) is 7.54. The van der Waals surface area contributed by atoms with Crippen LogP contribution in [-0.2, 0) is 17.8 Å². The van der Waals surface area contributed by atoms with Gasteiger partial charge in [-0.1, -0.05) is 0 Å². The molecular weight excluding hydrogens is 365 g/mol. The van der Waals surface area contributed by atoms with Crippen LogP contribution in [0, 0.1) is 0 Å². The molecule has 0 atom stereocenters. The van der Waals surface area contributed by atoms with Crippen LogP contribution in [0.5, 0.6) is 0 Å². The van der Waals surface area contributed by atoms with Gasteiger partial charge in [0.1, 0.15) is 0 Å². The van der Waals surface area contributed by atoms with Crippen LogP contribution in [-0.4, -0.2) is 26.2 Å². The fourth-order valence-electron chi connectivity index (χ4n) is 0.294. The summed E-state index contributed by atoms with van der Waals surface area (Å²) in [6.45, 7) is 2.77. The van der Waals surface area contributed by atoms with Gasteiger partial charge in [-0.05, 0) is 13.1 Å². The van der Waals surface area contributed by atoms with E-state index in [1.54, 1.807) is 0 Å². The van der Waals surface area contributed by atoms with E-state index in [4.69, 9.17) is 11.5 Å². The SMILES string of the molecule is NCC[N-]CCN.[Br][Pt+]. The van der Waals surface area contributed by atoms with Crippen LogP contribution >= 0.6 is 13.3 Å². The molecule has 0 aliphatic heterocycles. The molecule has 0 fully saturated rings. The van der Waals surface area contributed by atoms with E-state index in [2.05, 4.69) is 18.6 Å².